The molecule has 0 saturated heterocycles. The van der Waals surface area contributed by atoms with Crippen molar-refractivity contribution in [2.75, 3.05) is 5.32 Å². The van der Waals surface area contributed by atoms with Crippen molar-refractivity contribution < 1.29 is 26.3 Å². The predicted octanol–water partition coefficient (Wildman–Crippen LogP) is 11.5. The Balaban J connectivity index is 0.000000187. The summed E-state index contributed by atoms with van der Waals surface area (Å²) in [5, 5.41) is 3.35. The second-order valence-electron chi connectivity index (χ2n) is 15.8. The highest BCUT2D eigenvalue weighted by atomic mass is 35.5. The van der Waals surface area contributed by atoms with Crippen LogP contribution in [0.15, 0.2) is 119 Å². The molecule has 3 N–H and O–H groups in total. The first-order chi connectivity index (χ1) is 30.0. The number of aromatic nitrogens is 4. The second-order valence-corrected chi connectivity index (χ2v) is 16.1. The largest absolute Gasteiger partial charge is 0.416 e. The number of alkyl halides is 6. The summed E-state index contributed by atoms with van der Waals surface area (Å²) in [5.41, 5.74) is 6.30. The van der Waals surface area contributed by atoms with Crippen LogP contribution in [0.3, 0.4) is 0 Å². The first-order valence-electron chi connectivity index (χ1n) is 20.8. The van der Waals surface area contributed by atoms with Crippen LogP contribution in [0.1, 0.15) is 85.3 Å². The van der Waals surface area contributed by atoms with Crippen LogP contribution in [0.2, 0.25) is 5.15 Å². The van der Waals surface area contributed by atoms with Crippen LogP contribution in [0.25, 0.3) is 22.3 Å². The van der Waals surface area contributed by atoms with Crippen molar-refractivity contribution in [3.8, 4) is 22.3 Å². The topological polar surface area (TPSA) is 108 Å². The van der Waals surface area contributed by atoms with Crippen LogP contribution in [-0.4, -0.2) is 31.2 Å². The first-order valence-corrected chi connectivity index (χ1v) is 21.2. The number of nitrogens with zero attached hydrogens (tertiary/aromatic N) is 4. The molecule has 0 bridgehead atoms. The summed E-state index contributed by atoms with van der Waals surface area (Å²) in [4.78, 5) is 35.3. The quantitative estimate of drug-likeness (QED) is 0.116. The molecule has 0 unspecified atom stereocenters. The lowest BCUT2D eigenvalue weighted by Gasteiger charge is -2.19. The van der Waals surface area contributed by atoms with Gasteiger partial charge in [0.1, 0.15) is 22.6 Å². The molecule has 2 fully saturated rings. The molecule has 2 aliphatic rings. The second kappa shape index (κ2) is 20.6. The van der Waals surface area contributed by atoms with Crippen molar-refractivity contribution in [3.63, 3.8) is 0 Å². The zero-order chi connectivity index (χ0) is 45.3. The maximum atomic E-state index is 13.5. The minimum atomic E-state index is -4.44. The summed E-state index contributed by atoms with van der Waals surface area (Å²) in [6.07, 6.45) is 0.571. The van der Waals surface area contributed by atoms with Gasteiger partial charge in [0.25, 0.3) is 11.1 Å². The third-order valence-corrected chi connectivity index (χ3v) is 11.4. The van der Waals surface area contributed by atoms with Crippen molar-refractivity contribution in [2.24, 2.45) is 5.73 Å². The lowest BCUT2D eigenvalue weighted by molar-refractivity contribution is -0.138. The van der Waals surface area contributed by atoms with Gasteiger partial charge in [0.15, 0.2) is 0 Å². The van der Waals surface area contributed by atoms with E-state index in [-0.39, 0.29) is 22.3 Å². The molecule has 63 heavy (non-hydrogen) atoms. The Kier molecular flexibility index (Phi) is 15.3. The number of halogens is 7. The fraction of sp³-hybridized carbons (Fsp3) is 0.333. The Morgan fingerprint density at radius 1 is 0.603 bits per heavy atom. The normalized spacial score (nSPS) is 14.4. The van der Waals surface area contributed by atoms with Crippen LogP contribution in [0, 0.1) is 13.8 Å². The van der Waals surface area contributed by atoms with Crippen LogP contribution in [0.4, 0.5) is 32.2 Å². The Labute approximate surface area is 366 Å². The van der Waals surface area contributed by atoms with E-state index in [1.165, 1.54) is 54.5 Å². The SMILES string of the molecule is Cc1nc(Cl)c(-c2ccc(C(F)(F)F)cc2)c(=O)n1Cc1ccccc1.Cc1nc(NC2CCCC2)c(-c2ccc(C(F)(F)F)cc2)c(=O)n1Cc1ccccc1.NC1CCCC1. The fourth-order valence-corrected chi connectivity index (χ4v) is 7.99. The average molecular weight is 891 g/mol. The van der Waals surface area contributed by atoms with Gasteiger partial charge in [-0.15, -0.1) is 0 Å². The van der Waals surface area contributed by atoms with E-state index < -0.39 is 29.0 Å². The third kappa shape index (κ3) is 12.3. The number of nitrogens with two attached hydrogens (primary N) is 1. The number of hydrogen-bond donors (Lipinski definition) is 2. The lowest BCUT2D eigenvalue weighted by atomic mass is 10.0. The summed E-state index contributed by atoms with van der Waals surface area (Å²) >= 11 is 6.13. The Hall–Kier alpha value is -5.73. The van der Waals surface area contributed by atoms with E-state index >= 15 is 0 Å². The van der Waals surface area contributed by atoms with Gasteiger partial charge in [-0.2, -0.15) is 26.3 Å². The highest BCUT2D eigenvalue weighted by Crippen LogP contribution is 2.34. The van der Waals surface area contributed by atoms with E-state index in [0.717, 1.165) is 61.1 Å². The Morgan fingerprint density at radius 2 is 1.00 bits per heavy atom. The fourth-order valence-electron chi connectivity index (χ4n) is 7.67. The zero-order valence-electron chi connectivity index (χ0n) is 34.9. The molecule has 15 heteroatoms. The first kappa shape index (κ1) is 46.8. The van der Waals surface area contributed by atoms with Gasteiger partial charge < -0.3 is 11.1 Å². The van der Waals surface area contributed by atoms with Gasteiger partial charge in [-0.3, -0.25) is 18.7 Å². The van der Waals surface area contributed by atoms with Crippen molar-refractivity contribution in [1.82, 2.24) is 19.1 Å². The van der Waals surface area contributed by atoms with E-state index in [1.807, 2.05) is 60.7 Å². The number of nitrogens with one attached hydrogen (secondary N) is 1. The molecule has 2 saturated carbocycles. The lowest BCUT2D eigenvalue weighted by Crippen LogP contribution is -2.29. The van der Waals surface area contributed by atoms with Gasteiger partial charge in [-0.1, -0.05) is 122 Å². The van der Waals surface area contributed by atoms with Crippen molar-refractivity contribution in [3.05, 3.63) is 169 Å². The highest BCUT2D eigenvalue weighted by Gasteiger charge is 2.31. The van der Waals surface area contributed by atoms with E-state index in [1.54, 1.807) is 18.4 Å². The summed E-state index contributed by atoms with van der Waals surface area (Å²) in [6.45, 7) is 4.08. The van der Waals surface area contributed by atoms with E-state index in [2.05, 4.69) is 15.3 Å². The minimum absolute atomic E-state index is 0.0310. The van der Waals surface area contributed by atoms with Crippen molar-refractivity contribution >= 4 is 17.4 Å². The maximum Gasteiger partial charge on any atom is 0.416 e. The maximum absolute atomic E-state index is 13.5. The Morgan fingerprint density at radius 3 is 1.41 bits per heavy atom. The molecule has 4 aromatic carbocycles. The van der Waals surface area contributed by atoms with Gasteiger partial charge in [-0.25, -0.2) is 9.97 Å². The third-order valence-electron chi connectivity index (χ3n) is 11.1. The summed E-state index contributed by atoms with van der Waals surface area (Å²) in [7, 11) is 0. The van der Waals surface area contributed by atoms with Gasteiger partial charge in [-0.05, 0) is 86.1 Å². The monoisotopic (exact) mass is 890 g/mol. The molecule has 332 valence electrons. The number of benzene rings is 4. The summed E-state index contributed by atoms with van der Waals surface area (Å²) in [6, 6.07) is 28.7. The van der Waals surface area contributed by atoms with E-state index in [0.29, 0.717) is 53.3 Å². The van der Waals surface area contributed by atoms with E-state index in [4.69, 9.17) is 17.3 Å². The molecule has 0 radical (unpaired) electrons. The Bertz CT molecular complexity index is 2550. The van der Waals surface area contributed by atoms with E-state index in [9.17, 15) is 35.9 Å². The molecule has 0 amide bonds. The van der Waals surface area contributed by atoms with Crippen molar-refractivity contribution in [1.29, 1.82) is 0 Å². The molecular formula is C48H49ClF6N6O2. The molecule has 8 rings (SSSR count). The number of rotatable bonds is 8. The average Bonchev–Trinajstić information content (AvgIpc) is 3.96. The molecule has 0 atom stereocenters. The van der Waals surface area contributed by atoms with Crippen LogP contribution in [-0.2, 0) is 25.4 Å². The van der Waals surface area contributed by atoms with Gasteiger partial charge in [0, 0.05) is 12.1 Å². The number of hydrogen-bond acceptors (Lipinski definition) is 6. The summed E-state index contributed by atoms with van der Waals surface area (Å²) in [5.74, 6) is 1.43. The van der Waals surface area contributed by atoms with Gasteiger partial charge in [0.05, 0.1) is 35.3 Å². The molecular weight excluding hydrogens is 842 g/mol. The molecule has 2 aromatic heterocycles. The van der Waals surface area contributed by atoms with Gasteiger partial charge in [0.2, 0.25) is 0 Å². The highest BCUT2D eigenvalue weighted by molar-refractivity contribution is 6.32. The molecule has 0 spiro atoms. The number of anilines is 1. The van der Waals surface area contributed by atoms with Crippen LogP contribution >= 0.6 is 11.6 Å². The molecule has 0 aliphatic heterocycles. The zero-order valence-corrected chi connectivity index (χ0v) is 35.7. The van der Waals surface area contributed by atoms with Gasteiger partial charge >= 0.3 is 12.4 Å². The van der Waals surface area contributed by atoms with Crippen LogP contribution < -0.4 is 22.2 Å². The predicted molar refractivity (Wildman–Crippen MR) is 236 cm³/mol. The molecule has 6 aromatic rings. The summed E-state index contributed by atoms with van der Waals surface area (Å²) < 4.78 is 80.3. The minimum Gasteiger partial charge on any atom is -0.367 e. The smallest absolute Gasteiger partial charge is 0.367 e. The van der Waals surface area contributed by atoms with Crippen LogP contribution in [0.5, 0.6) is 0 Å². The standard InChI is InChI=1S/C24H24F3N3O.C19H14ClF3N2O.C5H11N/c1-16-28-22(29-20-9-5-6-10-20)21(18-11-13-19(14-12-18)24(25,26)27)23(31)30(16)15-17-7-3-2-4-8-17;1-12-24-17(20)16(14-7-9-15(10-8-14)19(21,22)23)18(26)25(12)11-13-5-3-2-4-6-13;6-5-3-1-2-4-5/h2-4,7-8,11-14,20,29H,5-6,9-10,15H2,1H3;2-10H,11H2,1H3;5H,1-4,6H2. The molecule has 8 nitrogen and oxygen atoms in total. The van der Waals surface area contributed by atoms with Crippen molar-refractivity contribution in [2.45, 2.75) is 103 Å². The molecule has 2 aliphatic carbocycles. The molecule has 2 heterocycles. The number of aryl methyl sites for hydroxylation is 2.